The van der Waals surface area contributed by atoms with Crippen LogP contribution < -0.4 is 4.90 Å². The molecule has 3 nitrogen and oxygen atoms in total. The van der Waals surface area contributed by atoms with Gasteiger partial charge < -0.3 is 9.80 Å². The zero-order chi connectivity index (χ0) is 12.7. The standard InChI is InChI=1S/C13H22ClN3/c1-4-17(9-5-8-16(2)3)13-6-7-15-11-12(13)10-14/h6-7,11H,4-5,8-10H2,1-3H3. The number of hydrogen-bond acceptors (Lipinski definition) is 3. The summed E-state index contributed by atoms with van der Waals surface area (Å²) in [5, 5.41) is 0. The molecule has 1 aromatic rings. The maximum atomic E-state index is 5.94. The summed E-state index contributed by atoms with van der Waals surface area (Å²) in [7, 11) is 4.21. The molecule has 0 spiro atoms. The third-order valence-electron chi connectivity index (χ3n) is 2.78. The Morgan fingerprint density at radius 3 is 2.65 bits per heavy atom. The summed E-state index contributed by atoms with van der Waals surface area (Å²) in [6, 6.07) is 2.05. The number of nitrogens with zero attached hydrogens (tertiary/aromatic N) is 3. The van der Waals surface area contributed by atoms with Crippen LogP contribution in [0.5, 0.6) is 0 Å². The molecule has 0 atom stereocenters. The maximum Gasteiger partial charge on any atom is 0.0509 e. The second-order valence-corrected chi connectivity index (χ2v) is 4.64. The first kappa shape index (κ1) is 14.3. The van der Waals surface area contributed by atoms with Crippen LogP contribution in [0, 0.1) is 0 Å². The largest absolute Gasteiger partial charge is 0.371 e. The lowest BCUT2D eigenvalue weighted by atomic mass is 10.2. The van der Waals surface area contributed by atoms with Crippen molar-refractivity contribution in [1.82, 2.24) is 9.88 Å². The quantitative estimate of drug-likeness (QED) is 0.699. The van der Waals surface area contributed by atoms with Gasteiger partial charge in [0.2, 0.25) is 0 Å². The third-order valence-corrected chi connectivity index (χ3v) is 3.07. The van der Waals surface area contributed by atoms with Crippen molar-refractivity contribution in [2.24, 2.45) is 0 Å². The number of halogens is 1. The van der Waals surface area contributed by atoms with Crippen LogP contribution in [-0.2, 0) is 5.88 Å². The molecular weight excluding hydrogens is 234 g/mol. The molecule has 0 aliphatic heterocycles. The Labute approximate surface area is 109 Å². The van der Waals surface area contributed by atoms with E-state index in [0.29, 0.717) is 5.88 Å². The average molecular weight is 256 g/mol. The molecule has 4 heteroatoms. The van der Waals surface area contributed by atoms with Gasteiger partial charge in [0, 0.05) is 36.7 Å². The second kappa shape index (κ2) is 7.51. The highest BCUT2D eigenvalue weighted by atomic mass is 35.5. The molecule has 0 radical (unpaired) electrons. The van der Waals surface area contributed by atoms with E-state index in [9.17, 15) is 0 Å². The molecule has 0 fully saturated rings. The van der Waals surface area contributed by atoms with Crippen LogP contribution in [-0.4, -0.2) is 43.6 Å². The molecule has 96 valence electrons. The molecule has 0 amide bonds. The highest BCUT2D eigenvalue weighted by molar-refractivity contribution is 6.17. The summed E-state index contributed by atoms with van der Waals surface area (Å²) in [6.45, 7) is 5.34. The van der Waals surface area contributed by atoms with Gasteiger partial charge in [-0.25, -0.2) is 0 Å². The summed E-state index contributed by atoms with van der Waals surface area (Å²) in [5.41, 5.74) is 2.33. The third kappa shape index (κ3) is 4.52. The van der Waals surface area contributed by atoms with Crippen molar-refractivity contribution in [2.45, 2.75) is 19.2 Å². The van der Waals surface area contributed by atoms with Crippen molar-refractivity contribution >= 4 is 17.3 Å². The van der Waals surface area contributed by atoms with E-state index in [2.05, 4.69) is 41.9 Å². The van der Waals surface area contributed by atoms with E-state index in [-0.39, 0.29) is 0 Å². The fourth-order valence-corrected chi connectivity index (χ4v) is 2.06. The molecule has 0 bridgehead atoms. The molecule has 0 saturated carbocycles. The Balaban J connectivity index is 2.65. The highest BCUT2D eigenvalue weighted by Crippen LogP contribution is 2.20. The molecule has 0 aliphatic carbocycles. The Hall–Kier alpha value is -0.800. The zero-order valence-corrected chi connectivity index (χ0v) is 11.7. The maximum absolute atomic E-state index is 5.94. The fraction of sp³-hybridized carbons (Fsp3) is 0.615. The van der Waals surface area contributed by atoms with E-state index >= 15 is 0 Å². The van der Waals surface area contributed by atoms with Gasteiger partial charge in [-0.1, -0.05) is 0 Å². The van der Waals surface area contributed by atoms with Crippen LogP contribution >= 0.6 is 11.6 Å². The minimum Gasteiger partial charge on any atom is -0.371 e. The predicted molar refractivity (Wildman–Crippen MR) is 74.9 cm³/mol. The van der Waals surface area contributed by atoms with Gasteiger partial charge in [0.15, 0.2) is 0 Å². The van der Waals surface area contributed by atoms with E-state index in [4.69, 9.17) is 11.6 Å². The molecule has 0 aliphatic rings. The van der Waals surface area contributed by atoms with Gasteiger partial charge in [0.05, 0.1) is 5.88 Å². The summed E-state index contributed by atoms with van der Waals surface area (Å²) in [6.07, 6.45) is 4.85. The molecule has 0 unspecified atom stereocenters. The second-order valence-electron chi connectivity index (χ2n) is 4.37. The van der Waals surface area contributed by atoms with Gasteiger partial charge in [-0.05, 0) is 40.1 Å². The lowest BCUT2D eigenvalue weighted by Gasteiger charge is -2.25. The zero-order valence-electron chi connectivity index (χ0n) is 11.0. The first-order chi connectivity index (χ1) is 8.19. The van der Waals surface area contributed by atoms with Crippen molar-refractivity contribution in [3.8, 4) is 0 Å². The average Bonchev–Trinajstić information content (AvgIpc) is 2.34. The van der Waals surface area contributed by atoms with Crippen LogP contribution in [0.3, 0.4) is 0 Å². The van der Waals surface area contributed by atoms with Crippen molar-refractivity contribution in [3.05, 3.63) is 24.0 Å². The molecule has 17 heavy (non-hydrogen) atoms. The minimum atomic E-state index is 0.521. The number of aromatic nitrogens is 1. The number of rotatable bonds is 7. The Kier molecular flexibility index (Phi) is 6.30. The van der Waals surface area contributed by atoms with E-state index in [1.54, 1.807) is 0 Å². The van der Waals surface area contributed by atoms with Crippen LogP contribution in [0.2, 0.25) is 0 Å². The van der Waals surface area contributed by atoms with Crippen LogP contribution in [0.1, 0.15) is 18.9 Å². The molecule has 0 saturated heterocycles. The normalized spacial score (nSPS) is 10.9. The summed E-state index contributed by atoms with van der Waals surface area (Å²) in [4.78, 5) is 8.70. The SMILES string of the molecule is CCN(CCCN(C)C)c1ccncc1CCl. The summed E-state index contributed by atoms with van der Waals surface area (Å²) >= 11 is 5.94. The van der Waals surface area contributed by atoms with E-state index < -0.39 is 0 Å². The van der Waals surface area contributed by atoms with Crippen LogP contribution in [0.25, 0.3) is 0 Å². The lowest BCUT2D eigenvalue weighted by molar-refractivity contribution is 0.400. The molecule has 0 aromatic carbocycles. The lowest BCUT2D eigenvalue weighted by Crippen LogP contribution is -2.27. The predicted octanol–water partition coefficient (Wildman–Crippen LogP) is 2.60. The Bertz CT molecular complexity index is 328. The van der Waals surface area contributed by atoms with Gasteiger partial charge in [-0.3, -0.25) is 4.98 Å². The van der Waals surface area contributed by atoms with Crippen LogP contribution in [0.4, 0.5) is 5.69 Å². The monoisotopic (exact) mass is 255 g/mol. The highest BCUT2D eigenvalue weighted by Gasteiger charge is 2.08. The number of alkyl halides is 1. The number of anilines is 1. The Morgan fingerprint density at radius 1 is 1.29 bits per heavy atom. The van der Waals surface area contributed by atoms with Crippen LogP contribution in [0.15, 0.2) is 18.5 Å². The number of pyridine rings is 1. The van der Waals surface area contributed by atoms with Gasteiger partial charge >= 0.3 is 0 Å². The smallest absolute Gasteiger partial charge is 0.0509 e. The summed E-state index contributed by atoms with van der Waals surface area (Å²) in [5.74, 6) is 0.521. The first-order valence-corrected chi connectivity index (χ1v) is 6.61. The van der Waals surface area contributed by atoms with Gasteiger partial charge in [0.1, 0.15) is 0 Å². The van der Waals surface area contributed by atoms with Crippen molar-refractivity contribution in [3.63, 3.8) is 0 Å². The molecule has 1 heterocycles. The van der Waals surface area contributed by atoms with Gasteiger partial charge in [0.25, 0.3) is 0 Å². The topological polar surface area (TPSA) is 19.4 Å². The minimum absolute atomic E-state index is 0.521. The number of hydrogen-bond donors (Lipinski definition) is 0. The first-order valence-electron chi connectivity index (χ1n) is 6.07. The van der Waals surface area contributed by atoms with Crippen molar-refractivity contribution < 1.29 is 0 Å². The van der Waals surface area contributed by atoms with Gasteiger partial charge in [-0.2, -0.15) is 0 Å². The molecule has 1 aromatic heterocycles. The van der Waals surface area contributed by atoms with E-state index in [1.807, 2.05) is 12.4 Å². The molecular formula is C13H22ClN3. The van der Waals surface area contributed by atoms with E-state index in [1.165, 1.54) is 5.69 Å². The van der Waals surface area contributed by atoms with E-state index in [0.717, 1.165) is 31.6 Å². The fourth-order valence-electron chi connectivity index (χ4n) is 1.86. The van der Waals surface area contributed by atoms with Crippen molar-refractivity contribution in [2.75, 3.05) is 38.6 Å². The molecule has 1 rings (SSSR count). The summed E-state index contributed by atoms with van der Waals surface area (Å²) < 4.78 is 0. The Morgan fingerprint density at radius 2 is 2.06 bits per heavy atom. The molecule has 0 N–H and O–H groups in total. The van der Waals surface area contributed by atoms with Gasteiger partial charge in [-0.15, -0.1) is 11.6 Å². The van der Waals surface area contributed by atoms with Crippen molar-refractivity contribution in [1.29, 1.82) is 0 Å².